The highest BCUT2D eigenvalue weighted by Gasteiger charge is 2.71. The highest BCUT2D eigenvalue weighted by Crippen LogP contribution is 2.51. The van der Waals surface area contributed by atoms with Gasteiger partial charge >= 0.3 is 12.1 Å². The van der Waals surface area contributed by atoms with E-state index in [1.165, 1.54) is 13.3 Å². The molecule has 17 heteroatoms. The van der Waals surface area contributed by atoms with Crippen LogP contribution in [0.1, 0.15) is 92.4 Å². The number of carbonyl (C=O) groups is 4. The lowest BCUT2D eigenvalue weighted by atomic mass is 9.83. The molecule has 2 aliphatic carbocycles. The summed E-state index contributed by atoms with van der Waals surface area (Å²) in [4.78, 5) is 62.1. The highest BCUT2D eigenvalue weighted by molar-refractivity contribution is 7.91. The van der Waals surface area contributed by atoms with Gasteiger partial charge in [-0.15, -0.1) is 0 Å². The molecule has 4 aliphatic rings. The lowest BCUT2D eigenvalue weighted by Crippen LogP contribution is -2.64. The van der Waals surface area contributed by atoms with Crippen LogP contribution in [0.5, 0.6) is 11.6 Å². The lowest BCUT2D eigenvalue weighted by molar-refractivity contribution is -0.219. The normalized spacial score (nSPS) is 31.4. The summed E-state index contributed by atoms with van der Waals surface area (Å²) in [6, 6.07) is -1.97. The summed E-state index contributed by atoms with van der Waals surface area (Å²) in [5.74, 6) is -4.75. The SMILES string of the molecule is CCC(C)N(C(=O)O)[C@@H]1C(=O)N2[C@@H](C[C@@](C)(Oc3ncc(OC)c4ccccc34)C2(F)F)C(=O)N[C@]2(C(=O)NS(=O)(=O)C3CC3)C[C@H]2/C=C\CC[C@H](C)C[C@H]1CC. The molecule has 3 heterocycles. The summed E-state index contributed by atoms with van der Waals surface area (Å²) in [6.07, 6.45) is 5.33. The number of allylic oxidation sites excluding steroid dienone is 1. The Morgan fingerprint density at radius 2 is 1.82 bits per heavy atom. The lowest BCUT2D eigenvalue weighted by Gasteiger charge is -2.43. The number of ether oxygens (including phenoxy) is 2. The molecule has 57 heavy (non-hydrogen) atoms. The monoisotopic (exact) mass is 817 g/mol. The van der Waals surface area contributed by atoms with Gasteiger partial charge in [0.2, 0.25) is 21.8 Å². The Morgan fingerprint density at radius 1 is 1.14 bits per heavy atom. The number of fused-ring (bicyclic) bond motifs is 3. The topological polar surface area (TPSA) is 185 Å². The van der Waals surface area contributed by atoms with Gasteiger partial charge in [0.15, 0.2) is 5.60 Å². The number of hydrogen-bond acceptors (Lipinski definition) is 9. The van der Waals surface area contributed by atoms with Gasteiger partial charge in [0, 0.05) is 29.2 Å². The Morgan fingerprint density at radius 3 is 2.44 bits per heavy atom. The first-order chi connectivity index (χ1) is 26.9. The van der Waals surface area contributed by atoms with Crippen LogP contribution in [0.2, 0.25) is 0 Å². The third kappa shape index (κ3) is 7.75. The van der Waals surface area contributed by atoms with Crippen molar-refractivity contribution in [2.45, 2.75) is 133 Å². The standard InChI is InChI=1S/C40H53F2N5O9S/c1-7-24(4)46(37(51)52)32-25(8-2)19-23(3)13-9-10-14-26-20-39(26,36(50)45-57(53,54)27-17-18-27)44-33(48)30-21-38(5,40(41,42)47(30)35(32)49)56-34-29-16-12-11-15-28(29)31(55-6)22-43-34/h10-12,14-16,22-27,30,32H,7-9,13,17-21H2,1-6H3,(H,44,48)(H,45,50)(H,51,52)/b14-10-/t23-,24?,25+,26+,30-,32-,38+,39+/m0/s1. The number of alkyl halides is 2. The molecule has 8 atom stereocenters. The van der Waals surface area contributed by atoms with Crippen molar-refractivity contribution in [2.24, 2.45) is 17.8 Å². The number of benzene rings is 1. The van der Waals surface area contributed by atoms with Crippen LogP contribution in [0.3, 0.4) is 0 Å². The van der Waals surface area contributed by atoms with Crippen molar-refractivity contribution in [3.8, 4) is 11.6 Å². The number of amides is 4. The summed E-state index contributed by atoms with van der Waals surface area (Å²) in [5.41, 5.74) is -4.44. The van der Waals surface area contributed by atoms with Crippen molar-refractivity contribution in [3.05, 3.63) is 42.6 Å². The van der Waals surface area contributed by atoms with Gasteiger partial charge in [0.05, 0.1) is 18.6 Å². The maximum absolute atomic E-state index is 17.6. The predicted octanol–water partition coefficient (Wildman–Crippen LogP) is 5.61. The van der Waals surface area contributed by atoms with Gasteiger partial charge in [-0.3, -0.25) is 28.9 Å². The molecule has 2 aromatic rings. The van der Waals surface area contributed by atoms with E-state index in [4.69, 9.17) is 9.47 Å². The van der Waals surface area contributed by atoms with Gasteiger partial charge in [-0.1, -0.05) is 57.5 Å². The Kier molecular flexibility index (Phi) is 11.6. The molecule has 312 valence electrons. The Hall–Kier alpha value is -4.54. The van der Waals surface area contributed by atoms with E-state index in [0.717, 1.165) is 11.8 Å². The maximum Gasteiger partial charge on any atom is 0.408 e. The highest BCUT2D eigenvalue weighted by atomic mass is 32.2. The summed E-state index contributed by atoms with van der Waals surface area (Å²) in [7, 11) is -2.63. The molecule has 3 fully saturated rings. The maximum atomic E-state index is 17.6. The minimum Gasteiger partial charge on any atom is -0.494 e. The zero-order valence-corrected chi connectivity index (χ0v) is 34.0. The molecule has 1 unspecified atom stereocenters. The zero-order valence-electron chi connectivity index (χ0n) is 33.2. The number of methoxy groups -OCH3 is 1. The van der Waals surface area contributed by atoms with Crippen LogP contribution in [-0.4, -0.2) is 99.8 Å². The van der Waals surface area contributed by atoms with E-state index < -0.39 is 92.7 Å². The molecule has 6 rings (SSSR count). The number of sulfonamides is 1. The molecule has 3 N–H and O–H groups in total. The molecule has 0 bridgehead atoms. The Bertz CT molecular complexity index is 2050. The molecule has 0 spiro atoms. The van der Waals surface area contributed by atoms with Gasteiger partial charge in [0.25, 0.3) is 11.8 Å². The number of carbonyl (C=O) groups excluding carboxylic acids is 3. The summed E-state index contributed by atoms with van der Waals surface area (Å²) < 4.78 is 74.8. The molecule has 14 nitrogen and oxygen atoms in total. The number of halogens is 2. The smallest absolute Gasteiger partial charge is 0.408 e. The quantitative estimate of drug-likeness (QED) is 0.201. The fraction of sp³-hybridized carbons (Fsp3) is 0.625. The second-order valence-corrected chi connectivity index (χ2v) is 18.3. The number of nitrogens with one attached hydrogen (secondary N) is 2. The van der Waals surface area contributed by atoms with Crippen molar-refractivity contribution in [3.63, 3.8) is 0 Å². The molecule has 4 amide bonds. The van der Waals surface area contributed by atoms with E-state index in [0.29, 0.717) is 48.6 Å². The van der Waals surface area contributed by atoms with Gasteiger partial charge in [-0.05, 0) is 76.7 Å². The van der Waals surface area contributed by atoms with Crippen molar-refractivity contribution >= 4 is 44.6 Å². The van der Waals surface area contributed by atoms with Crippen molar-refractivity contribution in [2.75, 3.05) is 7.11 Å². The van der Waals surface area contributed by atoms with Gasteiger partial charge in [0.1, 0.15) is 23.4 Å². The van der Waals surface area contributed by atoms with E-state index in [2.05, 4.69) is 15.0 Å². The van der Waals surface area contributed by atoms with Crippen LogP contribution in [0, 0.1) is 17.8 Å². The van der Waals surface area contributed by atoms with Gasteiger partial charge in [-0.2, -0.15) is 8.78 Å². The zero-order chi connectivity index (χ0) is 41.7. The van der Waals surface area contributed by atoms with E-state index in [9.17, 15) is 27.9 Å². The van der Waals surface area contributed by atoms with Crippen LogP contribution in [0.4, 0.5) is 13.6 Å². The molecular weight excluding hydrogens is 765 g/mol. The first-order valence-electron chi connectivity index (χ1n) is 19.7. The Balaban J connectivity index is 1.49. The van der Waals surface area contributed by atoms with E-state index in [-0.39, 0.29) is 36.0 Å². The number of aromatic nitrogens is 1. The summed E-state index contributed by atoms with van der Waals surface area (Å²) >= 11 is 0. The van der Waals surface area contributed by atoms with Crippen LogP contribution in [0.25, 0.3) is 10.8 Å². The molecule has 0 radical (unpaired) electrons. The van der Waals surface area contributed by atoms with Gasteiger partial charge in [-0.25, -0.2) is 18.2 Å². The Labute approximate surface area is 331 Å². The number of hydrogen-bond donors (Lipinski definition) is 3. The molecular formula is C40H53F2N5O9S. The third-order valence-corrected chi connectivity index (χ3v) is 14.1. The fourth-order valence-corrected chi connectivity index (χ4v) is 9.83. The minimum atomic E-state index is -4.27. The van der Waals surface area contributed by atoms with Crippen LogP contribution < -0.4 is 19.5 Å². The average molecular weight is 818 g/mol. The third-order valence-electron chi connectivity index (χ3n) is 12.3. The van der Waals surface area contributed by atoms with Crippen molar-refractivity contribution in [1.29, 1.82) is 0 Å². The van der Waals surface area contributed by atoms with E-state index in [1.807, 2.05) is 13.0 Å². The molecule has 2 saturated carbocycles. The molecule has 1 saturated heterocycles. The number of carboxylic acid groups (broad SMARTS) is 1. The largest absolute Gasteiger partial charge is 0.494 e. The van der Waals surface area contributed by atoms with Crippen LogP contribution >= 0.6 is 0 Å². The van der Waals surface area contributed by atoms with Gasteiger partial charge < -0.3 is 19.9 Å². The second kappa shape index (κ2) is 15.7. The van der Waals surface area contributed by atoms with Crippen LogP contribution in [-0.2, 0) is 24.4 Å². The summed E-state index contributed by atoms with van der Waals surface area (Å²) in [6.45, 7) is 8.10. The molecule has 1 aromatic heterocycles. The van der Waals surface area contributed by atoms with Crippen LogP contribution in [0.15, 0.2) is 42.6 Å². The summed E-state index contributed by atoms with van der Waals surface area (Å²) in [5, 5.41) is 13.3. The van der Waals surface area contributed by atoms with Crippen molar-refractivity contribution < 1.29 is 51.0 Å². The molecule has 1 aromatic carbocycles. The molecule has 2 aliphatic heterocycles. The first-order valence-corrected chi connectivity index (χ1v) is 21.3. The van der Waals surface area contributed by atoms with E-state index >= 15 is 13.6 Å². The number of pyridine rings is 1. The minimum absolute atomic E-state index is 0.00919. The average Bonchev–Trinajstić information content (AvgIpc) is 4.09. The van der Waals surface area contributed by atoms with Crippen molar-refractivity contribution in [1.82, 2.24) is 24.8 Å². The van der Waals surface area contributed by atoms with E-state index in [1.54, 1.807) is 51.1 Å². The fourth-order valence-electron chi connectivity index (χ4n) is 8.47. The first kappa shape index (κ1) is 42.1. The second-order valence-electron chi connectivity index (χ2n) is 16.3. The number of nitrogens with zero attached hydrogens (tertiary/aromatic N) is 3. The predicted molar refractivity (Wildman–Crippen MR) is 206 cm³/mol. The number of rotatable bonds is 10.